The molecule has 0 saturated carbocycles. The van der Waals surface area contributed by atoms with Gasteiger partial charge in [0.15, 0.2) is 5.12 Å². The average Bonchev–Trinajstić information content (AvgIpc) is 2.60. The molecule has 0 radical (unpaired) electrons. The Balaban J connectivity index is 2.39. The van der Waals surface area contributed by atoms with Crippen molar-refractivity contribution in [1.82, 2.24) is 0 Å². The molecule has 0 saturated heterocycles. The van der Waals surface area contributed by atoms with Gasteiger partial charge in [-0.1, -0.05) is 17.8 Å². The maximum atomic E-state index is 10.6. The lowest BCUT2D eigenvalue weighted by atomic mass is 10.4. The van der Waals surface area contributed by atoms with Gasteiger partial charge in [-0.25, -0.2) is 0 Å². The van der Waals surface area contributed by atoms with Crippen molar-refractivity contribution in [3.63, 3.8) is 0 Å². The molecule has 0 spiro atoms. The van der Waals surface area contributed by atoms with E-state index in [4.69, 9.17) is 9.52 Å². The number of furan rings is 1. The minimum absolute atomic E-state index is 0.0873. The molecule has 4 heteroatoms. The lowest BCUT2D eigenvalue weighted by molar-refractivity contribution is -0.109. The Bertz CT molecular complexity index is 328. The van der Waals surface area contributed by atoms with Gasteiger partial charge in [-0.2, -0.15) is 0 Å². The summed E-state index contributed by atoms with van der Waals surface area (Å²) in [5, 5.41) is 8.83. The Morgan fingerprint density at radius 1 is 1.64 bits per heavy atom. The molecule has 0 atom stereocenters. The number of thioether (sulfide) groups is 1. The Morgan fingerprint density at radius 3 is 3.00 bits per heavy atom. The van der Waals surface area contributed by atoms with Crippen molar-refractivity contribution in [2.45, 2.75) is 13.5 Å². The van der Waals surface area contributed by atoms with Crippen LogP contribution >= 0.6 is 11.8 Å². The van der Waals surface area contributed by atoms with Crippen LogP contribution in [-0.4, -0.2) is 16.0 Å². The maximum Gasteiger partial charge on any atom is 0.186 e. The Hall–Kier alpha value is -1.00. The van der Waals surface area contributed by atoms with Crippen LogP contribution in [0.3, 0.4) is 0 Å². The molecule has 1 N–H and O–H groups in total. The molecule has 76 valence electrons. The molecular weight excluding hydrogens is 200 g/mol. The summed E-state index contributed by atoms with van der Waals surface area (Å²) in [6.07, 6.45) is 3.64. The van der Waals surface area contributed by atoms with Gasteiger partial charge >= 0.3 is 0 Å². The zero-order valence-corrected chi connectivity index (χ0v) is 8.71. The molecule has 1 aromatic rings. The fourth-order valence-corrected chi connectivity index (χ4v) is 1.33. The summed E-state index contributed by atoms with van der Waals surface area (Å²) in [4.78, 5) is 10.6. The van der Waals surface area contributed by atoms with Crippen molar-refractivity contribution in [1.29, 1.82) is 0 Å². The zero-order valence-electron chi connectivity index (χ0n) is 7.90. The van der Waals surface area contributed by atoms with E-state index in [1.807, 2.05) is 6.08 Å². The fourth-order valence-electron chi connectivity index (χ4n) is 0.899. The number of hydrogen-bond acceptors (Lipinski definition) is 4. The van der Waals surface area contributed by atoms with Crippen LogP contribution < -0.4 is 0 Å². The van der Waals surface area contributed by atoms with E-state index in [0.717, 1.165) is 0 Å². The Labute approximate surface area is 86.8 Å². The first kappa shape index (κ1) is 11.1. The molecule has 0 bridgehead atoms. The predicted molar refractivity (Wildman–Crippen MR) is 56.8 cm³/mol. The van der Waals surface area contributed by atoms with Crippen LogP contribution in [0.15, 0.2) is 22.6 Å². The highest BCUT2D eigenvalue weighted by atomic mass is 32.2. The molecule has 0 aliphatic carbocycles. The first-order chi connectivity index (χ1) is 6.72. The minimum Gasteiger partial charge on any atom is -0.459 e. The van der Waals surface area contributed by atoms with Crippen LogP contribution in [0.2, 0.25) is 0 Å². The smallest absolute Gasteiger partial charge is 0.186 e. The number of aliphatic hydroxyl groups excluding tert-OH is 1. The van der Waals surface area contributed by atoms with Gasteiger partial charge in [0.05, 0.1) is 0 Å². The lowest BCUT2D eigenvalue weighted by Gasteiger charge is -1.88. The molecule has 1 aromatic heterocycles. The van der Waals surface area contributed by atoms with Crippen molar-refractivity contribution < 1.29 is 14.3 Å². The number of carbonyl (C=O) groups excluding carboxylic acids is 1. The van der Waals surface area contributed by atoms with Crippen LogP contribution in [0.25, 0.3) is 6.08 Å². The standard InChI is InChI=1S/C10H12O3S/c1-8(12)14-6-2-3-9-4-5-10(7-11)13-9/h2-5,11H,6-7H2,1H3. The van der Waals surface area contributed by atoms with Gasteiger partial charge in [0, 0.05) is 12.7 Å². The molecule has 0 amide bonds. The van der Waals surface area contributed by atoms with Crippen LogP contribution in [0.4, 0.5) is 0 Å². The van der Waals surface area contributed by atoms with Crippen molar-refractivity contribution in [3.05, 3.63) is 29.7 Å². The molecule has 1 rings (SSSR count). The molecule has 0 aliphatic heterocycles. The number of aliphatic hydroxyl groups is 1. The van der Waals surface area contributed by atoms with Crippen LogP contribution in [0.5, 0.6) is 0 Å². The van der Waals surface area contributed by atoms with E-state index in [2.05, 4.69) is 0 Å². The van der Waals surface area contributed by atoms with Gasteiger partial charge in [-0.3, -0.25) is 4.79 Å². The van der Waals surface area contributed by atoms with Gasteiger partial charge in [0.1, 0.15) is 18.1 Å². The van der Waals surface area contributed by atoms with Gasteiger partial charge in [0.2, 0.25) is 0 Å². The summed E-state index contributed by atoms with van der Waals surface area (Å²) in [6, 6.07) is 3.50. The largest absolute Gasteiger partial charge is 0.459 e. The van der Waals surface area contributed by atoms with Crippen LogP contribution in [0.1, 0.15) is 18.4 Å². The van der Waals surface area contributed by atoms with E-state index in [1.165, 1.54) is 18.7 Å². The first-order valence-corrected chi connectivity index (χ1v) is 5.20. The van der Waals surface area contributed by atoms with Gasteiger partial charge in [-0.15, -0.1) is 0 Å². The normalized spacial score (nSPS) is 11.0. The average molecular weight is 212 g/mol. The topological polar surface area (TPSA) is 50.4 Å². The second-order valence-electron chi connectivity index (χ2n) is 2.67. The summed E-state index contributed by atoms with van der Waals surface area (Å²) >= 11 is 1.25. The van der Waals surface area contributed by atoms with E-state index in [1.54, 1.807) is 18.2 Å². The quantitative estimate of drug-likeness (QED) is 0.830. The van der Waals surface area contributed by atoms with Crippen molar-refractivity contribution >= 4 is 23.0 Å². The predicted octanol–water partition coefficient (Wildman–Crippen LogP) is 2.06. The Morgan fingerprint density at radius 2 is 2.43 bits per heavy atom. The molecule has 0 aromatic carbocycles. The van der Waals surface area contributed by atoms with Crippen molar-refractivity contribution in [2.24, 2.45) is 0 Å². The van der Waals surface area contributed by atoms with E-state index < -0.39 is 0 Å². The third-order valence-corrected chi connectivity index (χ3v) is 2.27. The zero-order chi connectivity index (χ0) is 10.4. The molecular formula is C10H12O3S. The second kappa shape index (κ2) is 5.67. The molecule has 0 unspecified atom stereocenters. The van der Waals surface area contributed by atoms with Crippen molar-refractivity contribution in [2.75, 3.05) is 5.75 Å². The second-order valence-corrected chi connectivity index (χ2v) is 3.86. The highest BCUT2D eigenvalue weighted by Crippen LogP contribution is 2.10. The van der Waals surface area contributed by atoms with E-state index in [-0.39, 0.29) is 11.7 Å². The molecule has 0 aliphatic rings. The molecule has 3 nitrogen and oxygen atoms in total. The van der Waals surface area contributed by atoms with Crippen LogP contribution in [0, 0.1) is 0 Å². The Kier molecular flexibility index (Phi) is 4.49. The van der Waals surface area contributed by atoms with E-state index >= 15 is 0 Å². The first-order valence-electron chi connectivity index (χ1n) is 4.22. The summed E-state index contributed by atoms with van der Waals surface area (Å²) in [5.74, 6) is 1.88. The molecule has 0 fully saturated rings. The summed E-state index contributed by atoms with van der Waals surface area (Å²) < 4.78 is 5.21. The van der Waals surface area contributed by atoms with Crippen LogP contribution in [-0.2, 0) is 11.4 Å². The maximum absolute atomic E-state index is 10.6. The highest BCUT2D eigenvalue weighted by molar-refractivity contribution is 8.13. The minimum atomic E-state index is -0.0873. The fraction of sp³-hybridized carbons (Fsp3) is 0.300. The third kappa shape index (κ3) is 3.81. The van der Waals surface area contributed by atoms with Gasteiger partial charge in [-0.05, 0) is 18.2 Å². The van der Waals surface area contributed by atoms with Gasteiger partial charge < -0.3 is 9.52 Å². The highest BCUT2D eigenvalue weighted by Gasteiger charge is 1.96. The summed E-state index contributed by atoms with van der Waals surface area (Å²) in [5.41, 5.74) is 0. The van der Waals surface area contributed by atoms with Crippen molar-refractivity contribution in [3.8, 4) is 0 Å². The van der Waals surface area contributed by atoms with E-state index in [0.29, 0.717) is 17.3 Å². The SMILES string of the molecule is CC(=O)SCC=Cc1ccc(CO)o1. The monoisotopic (exact) mass is 212 g/mol. The number of rotatable bonds is 4. The lowest BCUT2D eigenvalue weighted by Crippen LogP contribution is -1.81. The summed E-state index contributed by atoms with van der Waals surface area (Å²) in [6.45, 7) is 1.45. The number of carbonyl (C=O) groups is 1. The third-order valence-electron chi connectivity index (χ3n) is 1.50. The van der Waals surface area contributed by atoms with Gasteiger partial charge in [0.25, 0.3) is 0 Å². The number of hydrogen-bond donors (Lipinski definition) is 1. The summed E-state index contributed by atoms with van der Waals surface area (Å²) in [7, 11) is 0. The molecule has 1 heterocycles. The molecule has 14 heavy (non-hydrogen) atoms. The van der Waals surface area contributed by atoms with E-state index in [9.17, 15) is 4.79 Å².